The third-order valence-electron chi connectivity index (χ3n) is 6.09. The van der Waals surface area contributed by atoms with Gasteiger partial charge in [-0.15, -0.1) is 0 Å². The second-order valence-electron chi connectivity index (χ2n) is 8.23. The van der Waals surface area contributed by atoms with E-state index >= 15 is 0 Å². The number of nitrogens with one attached hydrogen (secondary N) is 1. The Bertz CT molecular complexity index is 845. The molecule has 158 valence electrons. The van der Waals surface area contributed by atoms with Crippen molar-refractivity contribution in [1.29, 1.82) is 0 Å². The average molecular weight is 407 g/mol. The Morgan fingerprint density at radius 1 is 1.00 bits per heavy atom. The van der Waals surface area contributed by atoms with Crippen molar-refractivity contribution < 1.29 is 9.59 Å². The van der Waals surface area contributed by atoms with E-state index in [9.17, 15) is 9.59 Å². The highest BCUT2D eigenvalue weighted by Gasteiger charge is 2.33. The topological polar surface area (TPSA) is 65.5 Å². The molecule has 1 atom stereocenters. The molecular formula is C24H30N4O2. The molecule has 1 aromatic carbocycles. The van der Waals surface area contributed by atoms with Gasteiger partial charge >= 0.3 is 0 Å². The maximum Gasteiger partial charge on any atom is 0.243 e. The lowest BCUT2D eigenvalue weighted by atomic mass is 9.99. The summed E-state index contributed by atoms with van der Waals surface area (Å²) in [6.07, 6.45) is 8.93. The SMILES string of the molecule is O=C1NCCN(C(=O)CN2CCCCCC2)[C@H]1Cc1ccc(-c2cccnc2)cc1. The number of carbonyl (C=O) groups is 2. The number of hydrogen-bond acceptors (Lipinski definition) is 4. The molecule has 3 heterocycles. The van der Waals surface area contributed by atoms with E-state index in [4.69, 9.17) is 0 Å². The maximum atomic E-state index is 13.1. The number of rotatable bonds is 5. The van der Waals surface area contributed by atoms with Gasteiger partial charge in [0.25, 0.3) is 0 Å². The molecule has 30 heavy (non-hydrogen) atoms. The van der Waals surface area contributed by atoms with Crippen LogP contribution in [0, 0.1) is 0 Å². The number of carbonyl (C=O) groups excluding carboxylic acids is 2. The number of hydrogen-bond donors (Lipinski definition) is 1. The summed E-state index contributed by atoms with van der Waals surface area (Å²) in [4.78, 5) is 33.9. The molecule has 2 fully saturated rings. The van der Waals surface area contributed by atoms with Gasteiger partial charge in [-0.2, -0.15) is 0 Å². The standard InChI is InChI=1S/C24H30N4O2/c29-23(18-27-13-3-1-2-4-14-27)28-15-12-26-24(30)22(28)16-19-7-9-20(10-8-19)21-6-5-11-25-17-21/h5-11,17,22H,1-4,12-16,18H2,(H,26,30)/t22-/m0/s1. The summed E-state index contributed by atoms with van der Waals surface area (Å²) in [5, 5.41) is 2.93. The van der Waals surface area contributed by atoms with Crippen LogP contribution in [0.5, 0.6) is 0 Å². The molecule has 0 unspecified atom stereocenters. The second-order valence-corrected chi connectivity index (χ2v) is 8.23. The van der Waals surface area contributed by atoms with E-state index < -0.39 is 6.04 Å². The highest BCUT2D eigenvalue weighted by Crippen LogP contribution is 2.20. The lowest BCUT2D eigenvalue weighted by Crippen LogP contribution is -2.59. The molecule has 0 spiro atoms. The van der Waals surface area contributed by atoms with Crippen molar-refractivity contribution in [1.82, 2.24) is 20.1 Å². The molecule has 6 heteroatoms. The minimum absolute atomic E-state index is 0.0539. The molecule has 2 aromatic rings. The first kappa shape index (κ1) is 20.5. The molecule has 1 N–H and O–H groups in total. The van der Waals surface area contributed by atoms with Crippen LogP contribution in [0.2, 0.25) is 0 Å². The molecule has 0 saturated carbocycles. The smallest absolute Gasteiger partial charge is 0.243 e. The van der Waals surface area contributed by atoms with Crippen LogP contribution in [0.25, 0.3) is 11.1 Å². The summed E-state index contributed by atoms with van der Waals surface area (Å²) in [6, 6.07) is 11.7. The van der Waals surface area contributed by atoms with Crippen molar-refractivity contribution in [2.45, 2.75) is 38.1 Å². The second kappa shape index (κ2) is 9.85. The molecule has 0 radical (unpaired) electrons. The lowest BCUT2D eigenvalue weighted by molar-refractivity contribution is -0.144. The van der Waals surface area contributed by atoms with Gasteiger partial charge in [-0.1, -0.05) is 43.2 Å². The quantitative estimate of drug-likeness (QED) is 0.829. The summed E-state index contributed by atoms with van der Waals surface area (Å²) < 4.78 is 0. The average Bonchev–Trinajstić information content (AvgIpc) is 3.05. The number of aromatic nitrogens is 1. The van der Waals surface area contributed by atoms with Gasteiger partial charge in [0.05, 0.1) is 6.54 Å². The Kier molecular flexibility index (Phi) is 6.74. The highest BCUT2D eigenvalue weighted by atomic mass is 16.2. The highest BCUT2D eigenvalue weighted by molar-refractivity contribution is 5.89. The van der Waals surface area contributed by atoms with E-state index in [-0.39, 0.29) is 11.8 Å². The third-order valence-corrected chi connectivity index (χ3v) is 6.09. The van der Waals surface area contributed by atoms with Crippen molar-refractivity contribution >= 4 is 11.8 Å². The number of nitrogens with zero attached hydrogens (tertiary/aromatic N) is 3. The molecule has 0 aliphatic carbocycles. The van der Waals surface area contributed by atoms with Gasteiger partial charge in [0.2, 0.25) is 11.8 Å². The van der Waals surface area contributed by atoms with E-state index in [1.165, 1.54) is 12.8 Å². The Morgan fingerprint density at radius 3 is 2.47 bits per heavy atom. The molecule has 6 nitrogen and oxygen atoms in total. The first-order chi connectivity index (χ1) is 14.7. The molecule has 2 aliphatic rings. The van der Waals surface area contributed by atoms with E-state index in [1.54, 1.807) is 11.1 Å². The van der Waals surface area contributed by atoms with Crippen LogP contribution in [0.1, 0.15) is 31.2 Å². The van der Waals surface area contributed by atoms with Gasteiger partial charge in [0.15, 0.2) is 0 Å². The van der Waals surface area contributed by atoms with Gasteiger partial charge in [-0.25, -0.2) is 0 Å². The zero-order chi connectivity index (χ0) is 20.8. The summed E-state index contributed by atoms with van der Waals surface area (Å²) in [7, 11) is 0. The normalized spacial score (nSPS) is 20.5. The maximum absolute atomic E-state index is 13.1. The van der Waals surface area contributed by atoms with Crippen molar-refractivity contribution in [2.75, 3.05) is 32.7 Å². The Labute approximate surface area is 178 Å². The van der Waals surface area contributed by atoms with Gasteiger partial charge in [-0.3, -0.25) is 19.5 Å². The van der Waals surface area contributed by atoms with Gasteiger partial charge in [0.1, 0.15) is 6.04 Å². The van der Waals surface area contributed by atoms with E-state index in [2.05, 4.69) is 27.3 Å². The molecule has 2 saturated heterocycles. The lowest BCUT2D eigenvalue weighted by Gasteiger charge is -2.36. The van der Waals surface area contributed by atoms with E-state index in [1.807, 2.05) is 30.5 Å². The van der Waals surface area contributed by atoms with Gasteiger partial charge in [-0.05, 0) is 48.7 Å². The van der Waals surface area contributed by atoms with Crippen molar-refractivity contribution in [3.05, 3.63) is 54.4 Å². The number of benzene rings is 1. The van der Waals surface area contributed by atoms with Crippen LogP contribution in [0.3, 0.4) is 0 Å². The summed E-state index contributed by atoms with van der Waals surface area (Å²) in [5.74, 6) is 0.0190. The zero-order valence-corrected chi connectivity index (χ0v) is 17.4. The predicted octanol–water partition coefficient (Wildman–Crippen LogP) is 2.49. The molecule has 2 aliphatic heterocycles. The first-order valence-corrected chi connectivity index (χ1v) is 11.0. The Balaban J connectivity index is 1.43. The first-order valence-electron chi connectivity index (χ1n) is 11.0. The van der Waals surface area contributed by atoms with Crippen LogP contribution in [-0.4, -0.2) is 65.4 Å². The molecule has 4 rings (SSSR count). The fourth-order valence-electron chi connectivity index (χ4n) is 4.38. The van der Waals surface area contributed by atoms with Crippen LogP contribution in [0.4, 0.5) is 0 Å². The third kappa shape index (κ3) is 5.05. The van der Waals surface area contributed by atoms with Crippen molar-refractivity contribution in [2.24, 2.45) is 0 Å². The fraction of sp³-hybridized carbons (Fsp3) is 0.458. The number of piperazine rings is 1. The van der Waals surface area contributed by atoms with Crippen LogP contribution >= 0.6 is 0 Å². The predicted molar refractivity (Wildman–Crippen MR) is 117 cm³/mol. The number of likely N-dealkylation sites (tertiary alicyclic amines) is 1. The number of pyridine rings is 1. The van der Waals surface area contributed by atoms with E-state index in [0.717, 1.165) is 42.6 Å². The summed E-state index contributed by atoms with van der Waals surface area (Å²) in [5.41, 5.74) is 3.21. The van der Waals surface area contributed by atoms with Gasteiger partial charge < -0.3 is 10.2 Å². The Morgan fingerprint density at radius 2 is 1.77 bits per heavy atom. The summed E-state index contributed by atoms with van der Waals surface area (Å²) in [6.45, 7) is 3.49. The zero-order valence-electron chi connectivity index (χ0n) is 17.4. The monoisotopic (exact) mass is 406 g/mol. The Hall–Kier alpha value is -2.73. The van der Waals surface area contributed by atoms with Crippen LogP contribution in [0.15, 0.2) is 48.8 Å². The molecular weight excluding hydrogens is 376 g/mol. The van der Waals surface area contributed by atoms with Crippen LogP contribution < -0.4 is 5.32 Å². The van der Waals surface area contributed by atoms with Crippen molar-refractivity contribution in [3.8, 4) is 11.1 Å². The minimum Gasteiger partial charge on any atom is -0.353 e. The largest absolute Gasteiger partial charge is 0.353 e. The van der Waals surface area contributed by atoms with Crippen LogP contribution in [-0.2, 0) is 16.0 Å². The molecule has 2 amide bonds. The fourth-order valence-corrected chi connectivity index (χ4v) is 4.38. The van der Waals surface area contributed by atoms with Crippen molar-refractivity contribution in [3.63, 3.8) is 0 Å². The molecule has 1 aromatic heterocycles. The van der Waals surface area contributed by atoms with E-state index in [0.29, 0.717) is 26.1 Å². The van der Waals surface area contributed by atoms with Gasteiger partial charge in [0, 0.05) is 31.9 Å². The minimum atomic E-state index is -0.442. The number of amides is 2. The molecule has 0 bridgehead atoms. The summed E-state index contributed by atoms with van der Waals surface area (Å²) >= 11 is 0.